The van der Waals surface area contributed by atoms with Crippen molar-refractivity contribution in [3.05, 3.63) is 60.2 Å². The molecule has 4 heteroatoms. The van der Waals surface area contributed by atoms with E-state index < -0.39 is 0 Å². The lowest BCUT2D eigenvalue weighted by Crippen LogP contribution is -1.96. The molecule has 0 bridgehead atoms. The highest BCUT2D eigenvalue weighted by Gasteiger charge is 2.03. The molecule has 23 heavy (non-hydrogen) atoms. The average Bonchev–Trinajstić information content (AvgIpc) is 2.57. The largest absolute Gasteiger partial charge is 0.439 e. The van der Waals surface area contributed by atoms with Gasteiger partial charge in [-0.25, -0.2) is 4.98 Å². The van der Waals surface area contributed by atoms with Gasteiger partial charge in [-0.1, -0.05) is 6.07 Å². The number of anilines is 1. The van der Waals surface area contributed by atoms with Gasteiger partial charge in [0.1, 0.15) is 12.0 Å². The van der Waals surface area contributed by atoms with Crippen LogP contribution >= 0.6 is 0 Å². The lowest BCUT2D eigenvalue weighted by Gasteiger charge is -2.08. The molecule has 0 aliphatic carbocycles. The van der Waals surface area contributed by atoms with Crippen LogP contribution in [0.25, 0.3) is 10.9 Å². The lowest BCUT2D eigenvalue weighted by atomic mass is 10.1. The molecular weight excluding hydrogens is 288 g/mol. The smallest absolute Gasteiger partial charge is 0.219 e. The van der Waals surface area contributed by atoms with Crippen molar-refractivity contribution >= 4 is 22.9 Å². The maximum Gasteiger partial charge on any atom is 0.219 e. The average molecular weight is 306 g/mol. The zero-order chi connectivity index (χ0) is 16.1. The Hall–Kier alpha value is -2.88. The lowest BCUT2D eigenvalue weighted by molar-refractivity contribution is -0.107. The van der Waals surface area contributed by atoms with Crippen molar-refractivity contribution in [3.63, 3.8) is 0 Å². The molecule has 0 unspecified atom stereocenters. The summed E-state index contributed by atoms with van der Waals surface area (Å²) in [6, 6.07) is 17.4. The Morgan fingerprint density at radius 1 is 1.09 bits per heavy atom. The molecule has 2 aromatic carbocycles. The van der Waals surface area contributed by atoms with E-state index in [0.29, 0.717) is 12.3 Å². The van der Waals surface area contributed by atoms with Crippen molar-refractivity contribution in [2.45, 2.75) is 13.3 Å². The minimum absolute atomic E-state index is 0.423. The van der Waals surface area contributed by atoms with Crippen molar-refractivity contribution in [2.75, 3.05) is 11.9 Å². The number of rotatable bonds is 6. The number of carbonyl (C=O) groups is 1. The molecule has 0 saturated carbocycles. The summed E-state index contributed by atoms with van der Waals surface area (Å²) in [5.74, 6) is 1.30. The summed E-state index contributed by atoms with van der Waals surface area (Å²) in [7, 11) is 0. The van der Waals surface area contributed by atoms with Gasteiger partial charge in [0.2, 0.25) is 5.88 Å². The first-order valence-electron chi connectivity index (χ1n) is 7.63. The zero-order valence-electron chi connectivity index (χ0n) is 13.0. The van der Waals surface area contributed by atoms with Crippen LogP contribution in [-0.2, 0) is 11.2 Å². The minimum Gasteiger partial charge on any atom is -0.439 e. The third-order valence-electron chi connectivity index (χ3n) is 3.50. The van der Waals surface area contributed by atoms with Gasteiger partial charge in [0, 0.05) is 30.1 Å². The molecule has 1 heterocycles. The molecule has 1 N–H and O–H groups in total. The van der Waals surface area contributed by atoms with Gasteiger partial charge >= 0.3 is 0 Å². The van der Waals surface area contributed by atoms with Crippen LogP contribution in [0.1, 0.15) is 12.5 Å². The number of hydrogen-bond donors (Lipinski definition) is 1. The highest BCUT2D eigenvalue weighted by molar-refractivity contribution is 5.80. The van der Waals surface area contributed by atoms with E-state index in [1.807, 2.05) is 54.6 Å². The first-order valence-corrected chi connectivity index (χ1v) is 7.63. The standard InChI is InChI=1S/C19H18N2O2/c1-2-20-16-5-7-17(8-6-16)23-19-10-4-15-13-14(11-12-22)3-9-18(15)21-19/h3-10,12-13,20H,2,11H2,1H3. The highest BCUT2D eigenvalue weighted by Crippen LogP contribution is 2.24. The van der Waals surface area contributed by atoms with Crippen LogP contribution in [0.3, 0.4) is 0 Å². The molecule has 116 valence electrons. The molecule has 0 aliphatic rings. The first kappa shape index (κ1) is 15.0. The maximum absolute atomic E-state index is 10.6. The van der Waals surface area contributed by atoms with E-state index in [4.69, 9.17) is 4.74 Å². The van der Waals surface area contributed by atoms with Gasteiger partial charge in [-0.05, 0) is 55.0 Å². The van der Waals surface area contributed by atoms with Gasteiger partial charge in [0.05, 0.1) is 5.52 Å². The number of nitrogens with zero attached hydrogens (tertiary/aromatic N) is 1. The molecule has 3 rings (SSSR count). The van der Waals surface area contributed by atoms with Crippen molar-refractivity contribution < 1.29 is 9.53 Å². The van der Waals surface area contributed by atoms with Gasteiger partial charge in [-0.2, -0.15) is 0 Å². The van der Waals surface area contributed by atoms with Crippen LogP contribution in [0.2, 0.25) is 0 Å². The van der Waals surface area contributed by atoms with Gasteiger partial charge < -0.3 is 14.8 Å². The summed E-state index contributed by atoms with van der Waals surface area (Å²) in [5, 5.41) is 4.24. The number of nitrogens with one attached hydrogen (secondary N) is 1. The zero-order valence-corrected chi connectivity index (χ0v) is 13.0. The maximum atomic E-state index is 10.6. The van der Waals surface area contributed by atoms with E-state index in [0.717, 1.165) is 40.7 Å². The third-order valence-corrected chi connectivity index (χ3v) is 3.50. The third kappa shape index (κ3) is 3.66. The molecule has 0 saturated heterocycles. The van der Waals surface area contributed by atoms with Gasteiger partial charge in [0.25, 0.3) is 0 Å². The quantitative estimate of drug-likeness (QED) is 0.693. The van der Waals surface area contributed by atoms with Crippen LogP contribution in [0.5, 0.6) is 11.6 Å². The molecule has 0 aliphatic heterocycles. The van der Waals surface area contributed by atoms with Crippen molar-refractivity contribution in [3.8, 4) is 11.6 Å². The Balaban J connectivity index is 1.80. The summed E-state index contributed by atoms with van der Waals surface area (Å²) in [4.78, 5) is 15.1. The molecule has 0 amide bonds. The van der Waals surface area contributed by atoms with Crippen LogP contribution in [0, 0.1) is 0 Å². The summed E-state index contributed by atoms with van der Waals surface area (Å²) >= 11 is 0. The van der Waals surface area contributed by atoms with Crippen molar-refractivity contribution in [2.24, 2.45) is 0 Å². The van der Waals surface area contributed by atoms with E-state index in [9.17, 15) is 4.79 Å². The van der Waals surface area contributed by atoms with Crippen LogP contribution in [-0.4, -0.2) is 17.8 Å². The van der Waals surface area contributed by atoms with Crippen LogP contribution in [0.15, 0.2) is 54.6 Å². The van der Waals surface area contributed by atoms with E-state index in [2.05, 4.69) is 17.2 Å². The number of fused-ring (bicyclic) bond motifs is 1. The van der Waals surface area contributed by atoms with Crippen molar-refractivity contribution in [1.29, 1.82) is 0 Å². The van der Waals surface area contributed by atoms with Gasteiger partial charge in [-0.3, -0.25) is 0 Å². The number of ether oxygens (including phenoxy) is 1. The summed E-state index contributed by atoms with van der Waals surface area (Å²) in [6.07, 6.45) is 1.33. The number of hydrogen-bond acceptors (Lipinski definition) is 4. The van der Waals surface area contributed by atoms with Crippen molar-refractivity contribution in [1.82, 2.24) is 4.98 Å². The molecule has 1 aromatic heterocycles. The Labute approximate surface area is 135 Å². The fraction of sp³-hybridized carbons (Fsp3) is 0.158. The predicted octanol–water partition coefficient (Wildman–Crippen LogP) is 4.20. The molecule has 0 radical (unpaired) electrons. The summed E-state index contributed by atoms with van der Waals surface area (Å²) in [5.41, 5.74) is 2.90. The topological polar surface area (TPSA) is 51.2 Å². The van der Waals surface area contributed by atoms with Gasteiger partial charge in [0.15, 0.2) is 0 Å². The van der Waals surface area contributed by atoms with E-state index in [1.165, 1.54) is 0 Å². The number of pyridine rings is 1. The summed E-state index contributed by atoms with van der Waals surface area (Å²) < 4.78 is 5.80. The second-order valence-electron chi connectivity index (χ2n) is 5.20. The van der Waals surface area contributed by atoms with E-state index >= 15 is 0 Å². The first-order chi connectivity index (χ1) is 11.3. The molecule has 0 fully saturated rings. The molecule has 3 aromatic rings. The molecule has 0 spiro atoms. The van der Waals surface area contributed by atoms with E-state index in [1.54, 1.807) is 0 Å². The van der Waals surface area contributed by atoms with Crippen LogP contribution in [0.4, 0.5) is 5.69 Å². The molecule has 4 nitrogen and oxygen atoms in total. The minimum atomic E-state index is 0.423. The predicted molar refractivity (Wildman–Crippen MR) is 92.2 cm³/mol. The number of aldehydes is 1. The molecular formula is C19H18N2O2. The fourth-order valence-electron chi connectivity index (χ4n) is 2.40. The fourth-order valence-corrected chi connectivity index (χ4v) is 2.40. The normalized spacial score (nSPS) is 10.5. The Morgan fingerprint density at radius 3 is 2.65 bits per heavy atom. The highest BCUT2D eigenvalue weighted by atomic mass is 16.5. The second kappa shape index (κ2) is 6.92. The number of aromatic nitrogens is 1. The van der Waals surface area contributed by atoms with Crippen LogP contribution < -0.4 is 10.1 Å². The number of carbonyl (C=O) groups excluding carboxylic acids is 1. The van der Waals surface area contributed by atoms with Gasteiger partial charge in [-0.15, -0.1) is 0 Å². The monoisotopic (exact) mass is 306 g/mol. The Bertz CT molecular complexity index is 813. The second-order valence-corrected chi connectivity index (χ2v) is 5.20. The SMILES string of the molecule is CCNc1ccc(Oc2ccc3cc(CC=O)ccc3n2)cc1. The molecule has 0 atom stereocenters. The number of benzene rings is 2. The van der Waals surface area contributed by atoms with E-state index in [-0.39, 0.29) is 0 Å². The summed E-state index contributed by atoms with van der Waals surface area (Å²) in [6.45, 7) is 2.95. The Morgan fingerprint density at radius 2 is 1.91 bits per heavy atom. The Kier molecular flexibility index (Phi) is 4.52.